The van der Waals surface area contributed by atoms with Crippen LogP contribution in [0.4, 0.5) is 0 Å². The maximum Gasteiger partial charge on any atom is 0.341 e. The third-order valence-corrected chi connectivity index (χ3v) is 8.77. The Balaban J connectivity index is 1.78. The number of thiazole rings is 1. The molecule has 0 unspecified atom stereocenters. The van der Waals surface area contributed by atoms with E-state index in [0.717, 1.165) is 0 Å². The van der Waals surface area contributed by atoms with Crippen molar-refractivity contribution in [1.29, 1.82) is 0 Å². The van der Waals surface area contributed by atoms with E-state index >= 15 is 0 Å². The average Bonchev–Trinajstić information content (AvgIpc) is 3.37. The van der Waals surface area contributed by atoms with Crippen molar-refractivity contribution in [2.24, 2.45) is 4.99 Å². The third-order valence-electron chi connectivity index (χ3n) is 6.99. The molecule has 1 aromatic heterocycles. The fourth-order valence-electron chi connectivity index (χ4n) is 5.03. The van der Waals surface area contributed by atoms with E-state index in [-0.39, 0.29) is 23.5 Å². The molecule has 0 spiro atoms. The van der Waals surface area contributed by atoms with E-state index in [2.05, 4.69) is 0 Å². The molecule has 238 valence electrons. The molecule has 4 aromatic rings. The van der Waals surface area contributed by atoms with Crippen LogP contribution in [0.5, 0.6) is 23.0 Å². The van der Waals surface area contributed by atoms with Gasteiger partial charge in [0.05, 0.1) is 53.4 Å². The summed E-state index contributed by atoms with van der Waals surface area (Å²) in [7, 11) is 4.49. The fourth-order valence-corrected chi connectivity index (χ4v) is 6.81. The van der Waals surface area contributed by atoms with Gasteiger partial charge in [-0.3, -0.25) is 9.36 Å². The van der Waals surface area contributed by atoms with E-state index in [0.29, 0.717) is 52.5 Å². The number of fused-ring (bicyclic) bond motifs is 1. The number of aliphatic carboxylic acids is 1. The summed E-state index contributed by atoms with van der Waals surface area (Å²) in [4.78, 5) is 44.3. The highest BCUT2D eigenvalue weighted by atomic mass is 127. The Morgan fingerprint density at radius 1 is 1.00 bits per heavy atom. The molecule has 0 bridgehead atoms. The Bertz CT molecular complexity index is 2020. The number of carboxylic acid groups (broad SMARTS) is 1. The molecule has 1 N–H and O–H groups in total. The molecular formula is C33H29IN2O9S. The normalized spacial score (nSPS) is 14.3. The number of ether oxygens (including phenoxy) is 5. The van der Waals surface area contributed by atoms with Crippen LogP contribution >= 0.6 is 33.9 Å². The number of carboxylic acids is 1. The molecule has 0 fully saturated rings. The number of carbonyl (C=O) groups excluding carboxylic acids is 1. The van der Waals surface area contributed by atoms with Crippen LogP contribution in [0.2, 0.25) is 0 Å². The number of hydrogen-bond acceptors (Lipinski definition) is 10. The zero-order valence-electron chi connectivity index (χ0n) is 25.2. The van der Waals surface area contributed by atoms with E-state index in [1.165, 1.54) is 37.2 Å². The molecule has 0 amide bonds. The summed E-state index contributed by atoms with van der Waals surface area (Å²) >= 11 is 3.19. The smallest absolute Gasteiger partial charge is 0.341 e. The van der Waals surface area contributed by atoms with Crippen LogP contribution in [0.25, 0.3) is 11.8 Å². The molecule has 1 aliphatic rings. The number of halogens is 1. The highest BCUT2D eigenvalue weighted by Crippen LogP contribution is 2.39. The van der Waals surface area contributed by atoms with E-state index in [1.54, 1.807) is 43.3 Å². The zero-order chi connectivity index (χ0) is 33.0. The molecule has 5 rings (SSSR count). The minimum atomic E-state index is -1.12. The van der Waals surface area contributed by atoms with Crippen LogP contribution in [0.15, 0.2) is 76.0 Å². The summed E-state index contributed by atoms with van der Waals surface area (Å²) in [6.45, 7) is 1.31. The average molecular weight is 757 g/mol. The molecule has 0 saturated heterocycles. The van der Waals surface area contributed by atoms with Gasteiger partial charge >= 0.3 is 11.9 Å². The number of hydrogen-bond donors (Lipinski definition) is 1. The van der Waals surface area contributed by atoms with Gasteiger partial charge < -0.3 is 28.8 Å². The van der Waals surface area contributed by atoms with E-state index < -0.39 is 24.6 Å². The van der Waals surface area contributed by atoms with Crippen molar-refractivity contribution in [1.82, 2.24) is 4.57 Å². The Morgan fingerprint density at radius 2 is 1.72 bits per heavy atom. The first kappa shape index (κ1) is 32.8. The molecule has 3 aromatic carbocycles. The Labute approximate surface area is 281 Å². The molecule has 1 aliphatic heterocycles. The summed E-state index contributed by atoms with van der Waals surface area (Å²) in [6.07, 6.45) is 1.69. The predicted octanol–water partition coefficient (Wildman–Crippen LogP) is 4.03. The summed E-state index contributed by atoms with van der Waals surface area (Å²) < 4.78 is 29.9. The van der Waals surface area contributed by atoms with Crippen molar-refractivity contribution >= 4 is 57.6 Å². The maximum absolute atomic E-state index is 14.3. The number of rotatable bonds is 11. The summed E-state index contributed by atoms with van der Waals surface area (Å²) in [5.74, 6) is -0.214. The lowest BCUT2D eigenvalue weighted by Crippen LogP contribution is -2.40. The van der Waals surface area contributed by atoms with Crippen LogP contribution in [-0.4, -0.2) is 56.2 Å². The van der Waals surface area contributed by atoms with Crippen molar-refractivity contribution in [3.8, 4) is 23.0 Å². The SMILES string of the molecule is CCOC(=O)C1=C(c2ccccc2)N=c2s/c(=C\c3cc(I)c(OCC(=O)O)c(OC)c3)c(=O)n2[C@@H]1c1ccc(OC)c(OC)c1. The summed E-state index contributed by atoms with van der Waals surface area (Å²) in [5.41, 5.74) is 2.11. The topological polar surface area (TPSA) is 135 Å². The largest absolute Gasteiger partial charge is 0.493 e. The van der Waals surface area contributed by atoms with Gasteiger partial charge in [-0.15, -0.1) is 0 Å². The van der Waals surface area contributed by atoms with Crippen LogP contribution in [0, 0.1) is 3.57 Å². The van der Waals surface area contributed by atoms with Crippen LogP contribution in [-0.2, 0) is 14.3 Å². The van der Waals surface area contributed by atoms with Crippen molar-refractivity contribution in [3.63, 3.8) is 0 Å². The second-order valence-electron chi connectivity index (χ2n) is 9.76. The van der Waals surface area contributed by atoms with E-state index in [9.17, 15) is 14.4 Å². The second-order valence-corrected chi connectivity index (χ2v) is 11.9. The van der Waals surface area contributed by atoms with Gasteiger partial charge in [0.25, 0.3) is 5.56 Å². The number of esters is 1. The minimum absolute atomic E-state index is 0.125. The maximum atomic E-state index is 14.3. The highest BCUT2D eigenvalue weighted by molar-refractivity contribution is 14.1. The molecule has 0 saturated carbocycles. The number of methoxy groups -OCH3 is 3. The summed E-state index contributed by atoms with van der Waals surface area (Å²) in [5, 5.41) is 9.06. The number of carbonyl (C=O) groups is 2. The van der Waals surface area contributed by atoms with Gasteiger partial charge in [-0.2, -0.15) is 0 Å². The standard InChI is InChI=1S/C33H29IN2O9S/c1-5-44-32(40)27-28(19-9-7-6-8-10-19)35-33-36(29(27)20-11-12-22(41-2)23(16-20)42-3)31(39)25(46-33)15-18-13-21(34)30(24(14-18)43-4)45-17-26(37)38/h6-16,29H,5,17H2,1-4H3,(H,37,38)/b25-15-/t29-/m1/s1. The van der Waals surface area contributed by atoms with Gasteiger partial charge in [0.2, 0.25) is 0 Å². The van der Waals surface area contributed by atoms with Gasteiger partial charge in [0.1, 0.15) is 0 Å². The minimum Gasteiger partial charge on any atom is -0.493 e. The first-order valence-corrected chi connectivity index (χ1v) is 15.8. The first-order chi connectivity index (χ1) is 22.2. The van der Waals surface area contributed by atoms with Crippen molar-refractivity contribution in [3.05, 3.63) is 106 Å². The quantitative estimate of drug-likeness (QED) is 0.178. The van der Waals surface area contributed by atoms with Gasteiger partial charge in [0, 0.05) is 5.56 Å². The fraction of sp³-hybridized carbons (Fsp3) is 0.212. The molecule has 11 nitrogen and oxygen atoms in total. The first-order valence-electron chi connectivity index (χ1n) is 13.9. The number of nitrogens with zero attached hydrogens (tertiary/aromatic N) is 2. The molecule has 46 heavy (non-hydrogen) atoms. The molecule has 13 heteroatoms. The molecule has 1 atom stereocenters. The van der Waals surface area contributed by atoms with Crippen molar-refractivity contribution in [2.75, 3.05) is 34.5 Å². The van der Waals surface area contributed by atoms with Crippen molar-refractivity contribution < 1.29 is 38.4 Å². The van der Waals surface area contributed by atoms with Gasteiger partial charge in [-0.1, -0.05) is 47.7 Å². The number of benzene rings is 3. The molecule has 0 radical (unpaired) electrons. The van der Waals surface area contributed by atoms with Gasteiger partial charge in [-0.05, 0) is 71.0 Å². The predicted molar refractivity (Wildman–Crippen MR) is 179 cm³/mol. The zero-order valence-corrected chi connectivity index (χ0v) is 28.2. The van der Waals surface area contributed by atoms with Crippen molar-refractivity contribution in [2.45, 2.75) is 13.0 Å². The van der Waals surface area contributed by atoms with E-state index in [4.69, 9.17) is 33.8 Å². The highest BCUT2D eigenvalue weighted by Gasteiger charge is 2.35. The monoisotopic (exact) mass is 756 g/mol. The van der Waals surface area contributed by atoms with Crippen LogP contribution < -0.4 is 33.8 Å². The lowest BCUT2D eigenvalue weighted by Gasteiger charge is -2.26. The lowest BCUT2D eigenvalue weighted by atomic mass is 9.93. The molecule has 0 aliphatic carbocycles. The Hall–Kier alpha value is -4.63. The van der Waals surface area contributed by atoms with Crippen LogP contribution in [0.3, 0.4) is 0 Å². The Morgan fingerprint density at radius 3 is 2.37 bits per heavy atom. The Kier molecular flexibility index (Phi) is 10.1. The van der Waals surface area contributed by atoms with Crippen LogP contribution in [0.1, 0.15) is 29.7 Å². The second kappa shape index (κ2) is 14.2. The lowest BCUT2D eigenvalue weighted by molar-refractivity contribution is -0.140. The van der Waals surface area contributed by atoms with Gasteiger partial charge in [-0.25, -0.2) is 14.6 Å². The number of aromatic nitrogens is 1. The molecular weight excluding hydrogens is 727 g/mol. The van der Waals surface area contributed by atoms with E-state index in [1.807, 2.05) is 52.9 Å². The molecule has 2 heterocycles. The van der Waals surface area contributed by atoms with Gasteiger partial charge in [0.15, 0.2) is 34.4 Å². The summed E-state index contributed by atoms with van der Waals surface area (Å²) in [6, 6.07) is 17.0. The third kappa shape index (κ3) is 6.51.